The summed E-state index contributed by atoms with van der Waals surface area (Å²) >= 11 is 5.63. The van der Waals surface area contributed by atoms with Crippen LogP contribution in [-0.4, -0.2) is 24.2 Å². The SMILES string of the molecule is C=C(OC)c1nc(Cl)nc(N)c1OC. The average Bonchev–Trinajstić information content (AvgIpc) is 2.15. The van der Waals surface area contributed by atoms with Crippen LogP contribution in [0.15, 0.2) is 6.58 Å². The van der Waals surface area contributed by atoms with E-state index < -0.39 is 0 Å². The monoisotopic (exact) mass is 215 g/mol. The normalized spacial score (nSPS) is 9.64. The molecule has 5 nitrogen and oxygen atoms in total. The summed E-state index contributed by atoms with van der Waals surface area (Å²) in [5, 5.41) is 0.0245. The van der Waals surface area contributed by atoms with Crippen LogP contribution in [0.25, 0.3) is 5.76 Å². The highest BCUT2D eigenvalue weighted by atomic mass is 35.5. The first kappa shape index (κ1) is 10.6. The average molecular weight is 216 g/mol. The van der Waals surface area contributed by atoms with E-state index in [0.29, 0.717) is 17.2 Å². The first-order valence-electron chi connectivity index (χ1n) is 3.70. The molecule has 0 atom stereocenters. The standard InChI is InChI=1S/C8H10ClN3O2/c1-4(13-2)5-6(14-3)7(10)12-8(9)11-5/h1H2,2-3H3,(H2,10,11,12). The van der Waals surface area contributed by atoms with Crippen LogP contribution >= 0.6 is 11.6 Å². The third kappa shape index (κ3) is 1.88. The lowest BCUT2D eigenvalue weighted by Gasteiger charge is -2.10. The molecule has 0 aliphatic rings. The van der Waals surface area contributed by atoms with Crippen molar-refractivity contribution in [3.8, 4) is 5.75 Å². The van der Waals surface area contributed by atoms with E-state index in [1.54, 1.807) is 0 Å². The summed E-state index contributed by atoms with van der Waals surface area (Å²) in [5.41, 5.74) is 5.92. The van der Waals surface area contributed by atoms with Gasteiger partial charge in [0.25, 0.3) is 0 Å². The van der Waals surface area contributed by atoms with Gasteiger partial charge in [-0.1, -0.05) is 6.58 Å². The van der Waals surface area contributed by atoms with Crippen LogP contribution in [-0.2, 0) is 4.74 Å². The minimum absolute atomic E-state index is 0.0245. The number of methoxy groups -OCH3 is 2. The third-order valence-electron chi connectivity index (χ3n) is 1.58. The van der Waals surface area contributed by atoms with Crippen molar-refractivity contribution in [3.05, 3.63) is 17.6 Å². The Labute approximate surface area is 86.5 Å². The summed E-state index contributed by atoms with van der Waals surface area (Å²) in [7, 11) is 2.92. The molecular weight excluding hydrogens is 206 g/mol. The summed E-state index contributed by atoms with van der Waals surface area (Å²) in [6, 6.07) is 0. The Morgan fingerprint density at radius 3 is 2.57 bits per heavy atom. The molecule has 0 aliphatic heterocycles. The highest BCUT2D eigenvalue weighted by molar-refractivity contribution is 6.28. The van der Waals surface area contributed by atoms with Gasteiger partial charge in [0.2, 0.25) is 5.28 Å². The van der Waals surface area contributed by atoms with Crippen molar-refractivity contribution < 1.29 is 9.47 Å². The van der Waals surface area contributed by atoms with Crippen LogP contribution in [0.4, 0.5) is 5.82 Å². The molecule has 0 radical (unpaired) electrons. The molecule has 1 aromatic rings. The number of nitrogen functional groups attached to an aromatic ring is 1. The van der Waals surface area contributed by atoms with Gasteiger partial charge in [-0.25, -0.2) is 4.98 Å². The van der Waals surface area contributed by atoms with Crippen molar-refractivity contribution in [2.45, 2.75) is 0 Å². The van der Waals surface area contributed by atoms with Crippen LogP contribution in [0.2, 0.25) is 5.28 Å². The number of aromatic nitrogens is 2. The van der Waals surface area contributed by atoms with Crippen LogP contribution in [0.3, 0.4) is 0 Å². The summed E-state index contributed by atoms with van der Waals surface area (Å²) in [6.45, 7) is 3.63. The predicted octanol–water partition coefficient (Wildman–Crippen LogP) is 1.34. The zero-order chi connectivity index (χ0) is 10.7. The summed E-state index contributed by atoms with van der Waals surface area (Å²) in [4.78, 5) is 7.63. The van der Waals surface area contributed by atoms with E-state index in [0.717, 1.165) is 0 Å². The lowest BCUT2D eigenvalue weighted by atomic mass is 10.3. The van der Waals surface area contributed by atoms with E-state index in [2.05, 4.69) is 16.5 Å². The summed E-state index contributed by atoms with van der Waals surface area (Å²) in [6.07, 6.45) is 0. The van der Waals surface area contributed by atoms with Crippen molar-refractivity contribution in [1.29, 1.82) is 0 Å². The molecule has 0 saturated heterocycles. The van der Waals surface area contributed by atoms with Crippen LogP contribution < -0.4 is 10.5 Å². The maximum Gasteiger partial charge on any atom is 0.225 e. The van der Waals surface area contributed by atoms with Gasteiger partial charge in [-0.05, 0) is 11.6 Å². The lowest BCUT2D eigenvalue weighted by molar-refractivity contribution is 0.360. The summed E-state index contributed by atoms with van der Waals surface area (Å²) in [5.74, 6) is 0.778. The number of ether oxygens (including phenoxy) is 2. The van der Waals surface area contributed by atoms with Crippen molar-refractivity contribution in [3.63, 3.8) is 0 Å². The fraction of sp³-hybridized carbons (Fsp3) is 0.250. The van der Waals surface area contributed by atoms with Crippen LogP contribution in [0.1, 0.15) is 5.69 Å². The molecule has 0 saturated carbocycles. The lowest BCUT2D eigenvalue weighted by Crippen LogP contribution is -2.03. The number of halogens is 1. The molecule has 14 heavy (non-hydrogen) atoms. The number of hydrogen-bond donors (Lipinski definition) is 1. The number of rotatable bonds is 3. The Balaban J connectivity index is 3.32. The van der Waals surface area contributed by atoms with Crippen molar-refractivity contribution in [2.24, 2.45) is 0 Å². The Morgan fingerprint density at radius 1 is 1.43 bits per heavy atom. The van der Waals surface area contributed by atoms with Crippen molar-refractivity contribution in [2.75, 3.05) is 20.0 Å². The summed E-state index contributed by atoms with van der Waals surface area (Å²) < 4.78 is 9.91. The van der Waals surface area contributed by atoms with Gasteiger partial charge in [-0.2, -0.15) is 4.98 Å². The van der Waals surface area contributed by atoms with E-state index >= 15 is 0 Å². The fourth-order valence-electron chi connectivity index (χ4n) is 0.926. The molecule has 0 bridgehead atoms. The second kappa shape index (κ2) is 4.15. The van der Waals surface area contributed by atoms with E-state index in [-0.39, 0.29) is 11.1 Å². The number of nitrogens with two attached hydrogens (primary N) is 1. The van der Waals surface area contributed by atoms with Gasteiger partial charge < -0.3 is 15.2 Å². The minimum Gasteiger partial charge on any atom is -0.495 e. The molecule has 0 fully saturated rings. The van der Waals surface area contributed by atoms with E-state index in [9.17, 15) is 0 Å². The molecule has 1 aromatic heterocycles. The van der Waals surface area contributed by atoms with Crippen molar-refractivity contribution in [1.82, 2.24) is 9.97 Å². The van der Waals surface area contributed by atoms with Gasteiger partial charge in [0.1, 0.15) is 5.76 Å². The van der Waals surface area contributed by atoms with E-state index in [1.807, 2.05) is 0 Å². The second-order valence-corrected chi connectivity index (χ2v) is 2.73. The largest absolute Gasteiger partial charge is 0.495 e. The fourth-order valence-corrected chi connectivity index (χ4v) is 1.10. The minimum atomic E-state index is 0.0245. The second-order valence-electron chi connectivity index (χ2n) is 2.39. The molecule has 1 heterocycles. The molecule has 0 aliphatic carbocycles. The predicted molar refractivity (Wildman–Crippen MR) is 54.0 cm³/mol. The van der Waals surface area contributed by atoms with Gasteiger partial charge in [0.15, 0.2) is 17.3 Å². The topological polar surface area (TPSA) is 70.3 Å². The van der Waals surface area contributed by atoms with Crippen LogP contribution in [0.5, 0.6) is 5.75 Å². The van der Waals surface area contributed by atoms with E-state index in [4.69, 9.17) is 26.8 Å². The number of hydrogen-bond acceptors (Lipinski definition) is 5. The van der Waals surface area contributed by atoms with Gasteiger partial charge in [0, 0.05) is 0 Å². The van der Waals surface area contributed by atoms with Gasteiger partial charge >= 0.3 is 0 Å². The first-order valence-corrected chi connectivity index (χ1v) is 4.08. The quantitative estimate of drug-likeness (QED) is 0.609. The van der Waals surface area contributed by atoms with E-state index in [1.165, 1.54) is 14.2 Å². The van der Waals surface area contributed by atoms with Gasteiger partial charge in [-0.3, -0.25) is 0 Å². The Morgan fingerprint density at radius 2 is 2.07 bits per heavy atom. The third-order valence-corrected chi connectivity index (χ3v) is 1.75. The molecule has 1 rings (SSSR count). The van der Waals surface area contributed by atoms with Crippen molar-refractivity contribution >= 4 is 23.2 Å². The Bertz CT molecular complexity index is 368. The first-order chi connectivity index (χ1) is 6.60. The highest BCUT2D eigenvalue weighted by Gasteiger charge is 2.15. The smallest absolute Gasteiger partial charge is 0.225 e. The molecule has 0 unspecified atom stereocenters. The molecule has 0 spiro atoms. The molecule has 76 valence electrons. The zero-order valence-electron chi connectivity index (χ0n) is 7.87. The number of anilines is 1. The Hall–Kier alpha value is -1.49. The van der Waals surface area contributed by atoms with Crippen LogP contribution in [0, 0.1) is 0 Å². The molecule has 0 aromatic carbocycles. The maximum absolute atomic E-state index is 5.63. The Kier molecular flexibility index (Phi) is 3.14. The van der Waals surface area contributed by atoms with Gasteiger partial charge in [0.05, 0.1) is 14.2 Å². The molecule has 0 amide bonds. The number of nitrogens with zero attached hydrogens (tertiary/aromatic N) is 2. The molecular formula is C8H10ClN3O2. The highest BCUT2D eigenvalue weighted by Crippen LogP contribution is 2.29. The maximum atomic E-state index is 5.63. The molecule has 6 heteroatoms. The van der Waals surface area contributed by atoms with Gasteiger partial charge in [-0.15, -0.1) is 0 Å². The molecule has 2 N–H and O–H groups in total. The zero-order valence-corrected chi connectivity index (χ0v) is 8.63.